The van der Waals surface area contributed by atoms with Crippen LogP contribution in [0.2, 0.25) is 0 Å². The molecule has 1 rings (SSSR count). The van der Waals surface area contributed by atoms with E-state index >= 15 is 0 Å². The van der Waals surface area contributed by atoms with Gasteiger partial charge in [0.25, 0.3) is 0 Å². The Balaban J connectivity index is 2.55. The number of rotatable bonds is 7. The predicted molar refractivity (Wildman–Crippen MR) is 78.2 cm³/mol. The van der Waals surface area contributed by atoms with E-state index < -0.39 is 0 Å². The van der Waals surface area contributed by atoms with Crippen LogP contribution in [0.4, 0.5) is 5.69 Å². The van der Waals surface area contributed by atoms with Crippen LogP contribution in [-0.2, 0) is 16.1 Å². The topological polar surface area (TPSA) is 50.4 Å². The fraction of sp³-hybridized carbons (Fsp3) is 0.533. The predicted octanol–water partition coefficient (Wildman–Crippen LogP) is 2.55. The average molecular weight is 264 g/mol. The summed E-state index contributed by atoms with van der Waals surface area (Å²) in [6.45, 7) is 9.79. The third-order valence-electron chi connectivity index (χ3n) is 2.73. The minimum absolute atomic E-state index is 0.0536. The lowest BCUT2D eigenvalue weighted by molar-refractivity contribution is -0.114. The normalized spacial score (nSPS) is 11.4. The summed E-state index contributed by atoms with van der Waals surface area (Å²) in [7, 11) is 0. The Morgan fingerprint density at radius 3 is 2.63 bits per heavy atom. The van der Waals surface area contributed by atoms with Crippen molar-refractivity contribution in [3.63, 3.8) is 0 Å². The van der Waals surface area contributed by atoms with Crippen LogP contribution in [0.3, 0.4) is 0 Å². The third kappa shape index (κ3) is 5.85. The number of hydrogen-bond donors (Lipinski definition) is 2. The van der Waals surface area contributed by atoms with Crippen molar-refractivity contribution in [2.75, 3.05) is 18.5 Å². The molecule has 2 N–H and O–H groups in total. The molecular weight excluding hydrogens is 240 g/mol. The molecule has 0 aliphatic rings. The van der Waals surface area contributed by atoms with Gasteiger partial charge in [-0.05, 0) is 32.4 Å². The molecule has 0 aromatic heterocycles. The van der Waals surface area contributed by atoms with Crippen LogP contribution < -0.4 is 10.6 Å². The molecule has 4 heteroatoms. The van der Waals surface area contributed by atoms with E-state index in [1.807, 2.05) is 31.2 Å². The SMILES string of the molecule is CCOC(C)(C)CNCc1ccccc1NC(C)=O. The van der Waals surface area contributed by atoms with E-state index in [-0.39, 0.29) is 11.5 Å². The molecule has 0 aliphatic carbocycles. The second kappa shape index (κ2) is 7.26. The molecule has 0 spiro atoms. The van der Waals surface area contributed by atoms with Gasteiger partial charge < -0.3 is 15.4 Å². The molecule has 4 nitrogen and oxygen atoms in total. The third-order valence-corrected chi connectivity index (χ3v) is 2.73. The molecule has 0 radical (unpaired) electrons. The van der Waals surface area contributed by atoms with E-state index in [9.17, 15) is 4.79 Å². The van der Waals surface area contributed by atoms with Gasteiger partial charge in [-0.25, -0.2) is 0 Å². The minimum atomic E-state index is -0.183. The molecule has 0 saturated carbocycles. The lowest BCUT2D eigenvalue weighted by atomic mass is 10.1. The lowest BCUT2D eigenvalue weighted by Gasteiger charge is -2.25. The first-order valence-corrected chi connectivity index (χ1v) is 6.65. The van der Waals surface area contributed by atoms with Crippen LogP contribution in [0, 0.1) is 0 Å². The highest BCUT2D eigenvalue weighted by atomic mass is 16.5. The Morgan fingerprint density at radius 2 is 2.00 bits per heavy atom. The van der Waals surface area contributed by atoms with Crippen molar-refractivity contribution in [2.45, 2.75) is 39.8 Å². The molecule has 0 fully saturated rings. The highest BCUT2D eigenvalue weighted by Gasteiger charge is 2.16. The van der Waals surface area contributed by atoms with Gasteiger partial charge in [-0.3, -0.25) is 4.79 Å². The van der Waals surface area contributed by atoms with Crippen LogP contribution in [0.25, 0.3) is 0 Å². The van der Waals surface area contributed by atoms with Crippen LogP contribution in [-0.4, -0.2) is 24.7 Å². The number of carbonyl (C=O) groups excluding carboxylic acids is 1. The molecule has 0 unspecified atom stereocenters. The van der Waals surface area contributed by atoms with Crippen molar-refractivity contribution in [2.24, 2.45) is 0 Å². The zero-order valence-electron chi connectivity index (χ0n) is 12.2. The lowest BCUT2D eigenvalue weighted by Crippen LogP contribution is -2.37. The molecule has 1 amide bonds. The van der Waals surface area contributed by atoms with Crippen LogP contribution >= 0.6 is 0 Å². The van der Waals surface area contributed by atoms with Crippen molar-refractivity contribution in [1.29, 1.82) is 0 Å². The second-order valence-electron chi connectivity index (χ2n) is 5.13. The summed E-state index contributed by atoms with van der Waals surface area (Å²) in [6.07, 6.45) is 0. The van der Waals surface area contributed by atoms with Crippen LogP contribution in [0.5, 0.6) is 0 Å². The van der Waals surface area contributed by atoms with E-state index in [0.29, 0.717) is 13.2 Å². The monoisotopic (exact) mass is 264 g/mol. The first-order valence-electron chi connectivity index (χ1n) is 6.65. The minimum Gasteiger partial charge on any atom is -0.375 e. The van der Waals surface area contributed by atoms with E-state index in [1.165, 1.54) is 6.92 Å². The van der Waals surface area contributed by atoms with Crippen molar-refractivity contribution in [3.8, 4) is 0 Å². The van der Waals surface area contributed by atoms with Gasteiger partial charge in [0.15, 0.2) is 0 Å². The molecule has 0 bridgehead atoms. The maximum absolute atomic E-state index is 11.1. The van der Waals surface area contributed by atoms with Gasteiger partial charge in [0.2, 0.25) is 5.91 Å². The van der Waals surface area contributed by atoms with Crippen LogP contribution in [0.15, 0.2) is 24.3 Å². The zero-order chi connectivity index (χ0) is 14.3. The molecular formula is C15H24N2O2. The average Bonchev–Trinajstić information content (AvgIpc) is 2.30. The number of benzene rings is 1. The number of hydrogen-bond acceptors (Lipinski definition) is 3. The quantitative estimate of drug-likeness (QED) is 0.795. The Bertz CT molecular complexity index is 416. The summed E-state index contributed by atoms with van der Waals surface area (Å²) < 4.78 is 5.63. The largest absolute Gasteiger partial charge is 0.375 e. The molecule has 1 aromatic carbocycles. The second-order valence-corrected chi connectivity index (χ2v) is 5.13. The molecule has 1 aromatic rings. The van der Waals surface area contributed by atoms with Crippen molar-refractivity contribution < 1.29 is 9.53 Å². The first-order chi connectivity index (χ1) is 8.94. The summed E-state index contributed by atoms with van der Waals surface area (Å²) in [6, 6.07) is 7.80. The van der Waals surface area contributed by atoms with Gasteiger partial charge in [-0.15, -0.1) is 0 Å². The summed E-state index contributed by atoms with van der Waals surface area (Å²) >= 11 is 0. The molecule has 0 heterocycles. The van der Waals surface area contributed by atoms with Crippen molar-refractivity contribution in [1.82, 2.24) is 5.32 Å². The van der Waals surface area contributed by atoms with Gasteiger partial charge in [-0.2, -0.15) is 0 Å². The van der Waals surface area contributed by atoms with E-state index in [0.717, 1.165) is 17.8 Å². The zero-order valence-corrected chi connectivity index (χ0v) is 12.2. The fourth-order valence-electron chi connectivity index (χ4n) is 1.93. The molecule has 19 heavy (non-hydrogen) atoms. The Hall–Kier alpha value is -1.39. The Labute approximate surface area is 115 Å². The Kier molecular flexibility index (Phi) is 5.99. The van der Waals surface area contributed by atoms with Gasteiger partial charge in [-0.1, -0.05) is 18.2 Å². The van der Waals surface area contributed by atoms with E-state index in [2.05, 4.69) is 24.5 Å². The summed E-state index contributed by atoms with van der Waals surface area (Å²) in [5, 5.41) is 6.20. The Morgan fingerprint density at radius 1 is 1.32 bits per heavy atom. The van der Waals surface area contributed by atoms with E-state index in [1.54, 1.807) is 0 Å². The summed E-state index contributed by atoms with van der Waals surface area (Å²) in [4.78, 5) is 11.1. The van der Waals surface area contributed by atoms with Gasteiger partial charge >= 0.3 is 0 Å². The number of anilines is 1. The molecule has 0 aliphatic heterocycles. The highest BCUT2D eigenvalue weighted by molar-refractivity contribution is 5.89. The summed E-state index contributed by atoms with van der Waals surface area (Å²) in [5.74, 6) is -0.0536. The standard InChI is InChI=1S/C15H24N2O2/c1-5-19-15(3,4)11-16-10-13-8-6-7-9-14(13)17-12(2)18/h6-9,16H,5,10-11H2,1-4H3,(H,17,18). The number of carbonyl (C=O) groups is 1. The summed E-state index contributed by atoms with van der Waals surface area (Å²) in [5.41, 5.74) is 1.75. The van der Waals surface area contributed by atoms with Gasteiger partial charge in [0, 0.05) is 32.3 Å². The molecule has 0 saturated heterocycles. The first kappa shape index (κ1) is 15.7. The maximum Gasteiger partial charge on any atom is 0.221 e. The molecule has 0 atom stereocenters. The van der Waals surface area contributed by atoms with Crippen LogP contribution in [0.1, 0.15) is 33.3 Å². The van der Waals surface area contributed by atoms with Crippen molar-refractivity contribution in [3.05, 3.63) is 29.8 Å². The van der Waals surface area contributed by atoms with Gasteiger partial charge in [0.1, 0.15) is 0 Å². The maximum atomic E-state index is 11.1. The number of para-hydroxylation sites is 1. The number of nitrogens with one attached hydrogen (secondary N) is 2. The number of amides is 1. The smallest absolute Gasteiger partial charge is 0.221 e. The fourth-order valence-corrected chi connectivity index (χ4v) is 1.93. The van der Waals surface area contributed by atoms with E-state index in [4.69, 9.17) is 4.74 Å². The van der Waals surface area contributed by atoms with Crippen molar-refractivity contribution >= 4 is 11.6 Å². The highest BCUT2D eigenvalue weighted by Crippen LogP contribution is 2.15. The van der Waals surface area contributed by atoms with Gasteiger partial charge in [0.05, 0.1) is 5.60 Å². The number of ether oxygens (including phenoxy) is 1. The molecule has 106 valence electrons.